The average molecular weight is 90.1 g/mol. The van der Waals surface area contributed by atoms with Crippen LogP contribution in [0.4, 0.5) is 4.39 Å². The van der Waals surface area contributed by atoms with Crippen LogP contribution in [-0.4, -0.2) is 13.5 Å². The fourth-order valence-corrected chi connectivity index (χ4v) is 0.190. The van der Waals surface area contributed by atoms with Gasteiger partial charge in [0.15, 0.2) is 5.16 Å². The summed E-state index contributed by atoms with van der Waals surface area (Å²) in [7, 11) is 1.47. The zero-order chi connectivity index (χ0) is 2.99. The Labute approximate surface area is 26.7 Å². The molecule has 1 aliphatic heterocycles. The highest BCUT2D eigenvalue weighted by molar-refractivity contribution is 7.81. The van der Waals surface area contributed by atoms with Crippen LogP contribution in [0.15, 0.2) is 0 Å². The quantitative estimate of drug-likeness (QED) is 0.302. The summed E-state index contributed by atoms with van der Waals surface area (Å²) >= 11 is 0. The van der Waals surface area contributed by atoms with E-state index in [1.54, 1.807) is 0 Å². The molecule has 0 aromatic carbocycles. The fourth-order valence-electron chi connectivity index (χ4n) is 0.0211. The van der Waals surface area contributed by atoms with Gasteiger partial charge < -0.3 is 0 Å². The van der Waals surface area contributed by atoms with E-state index in [9.17, 15) is 4.39 Å². The highest BCUT2D eigenvalue weighted by Crippen LogP contribution is 2.04. The molecule has 3 heteroatoms. The lowest BCUT2D eigenvalue weighted by atomic mass is 11.8. The van der Waals surface area contributed by atoms with E-state index >= 15 is 0 Å². The molecule has 0 unspecified atom stereocenters. The highest BCUT2D eigenvalue weighted by Gasteiger charge is 1.90. The second-order valence-corrected chi connectivity index (χ2v) is 3.56. The third-order valence-electron chi connectivity index (χ3n) is 0.196. The van der Waals surface area contributed by atoms with Gasteiger partial charge in [-0.3, -0.25) is 0 Å². The van der Waals surface area contributed by atoms with Gasteiger partial charge in [0.05, 0.1) is 8.38 Å². The van der Waals surface area contributed by atoms with Crippen molar-refractivity contribution in [3.63, 3.8) is 0 Å². The van der Waals surface area contributed by atoms with Crippen molar-refractivity contribution in [3.05, 3.63) is 0 Å². The Hall–Kier alpha value is 0.317. The van der Waals surface area contributed by atoms with Crippen molar-refractivity contribution in [3.8, 4) is 0 Å². The Morgan fingerprint density at radius 3 is 2.25 bits per heavy atom. The minimum Gasteiger partial charge on any atom is -0.200 e. The lowest BCUT2D eigenvalue weighted by Crippen LogP contribution is -1.44. The summed E-state index contributed by atoms with van der Waals surface area (Å²) in [5, 5.41) is 0.167. The molecule has 0 bridgehead atoms. The van der Waals surface area contributed by atoms with Crippen molar-refractivity contribution in [1.82, 2.24) is 0 Å². The van der Waals surface area contributed by atoms with Gasteiger partial charge in [0.1, 0.15) is 0 Å². The topological polar surface area (TPSA) is 0 Å². The molecule has 0 amide bonds. The molecule has 0 saturated carbocycles. The van der Waals surface area contributed by atoms with Gasteiger partial charge in [0.2, 0.25) is 0 Å². The van der Waals surface area contributed by atoms with Crippen LogP contribution < -0.4 is 0 Å². The van der Waals surface area contributed by atoms with Gasteiger partial charge in [-0.25, -0.2) is 0 Å². The zero-order valence-corrected chi connectivity index (χ0v) is 3.72. The third kappa shape index (κ3) is 0.365. The molecule has 0 aromatic heterocycles. The molecular weight excluding hydrogens is 90.1 g/mol. The normalized spacial score (nSPS) is 19.8. The van der Waals surface area contributed by atoms with Crippen molar-refractivity contribution in [2.75, 3.05) is 0 Å². The average Bonchev–Trinajstić information content (AvgIpc) is 1.75. The van der Waals surface area contributed by atoms with Gasteiger partial charge in [0, 0.05) is 0 Å². The van der Waals surface area contributed by atoms with E-state index in [1.807, 2.05) is 0 Å². The predicted molar refractivity (Wildman–Crippen MR) is 18.8 cm³/mol. The van der Waals surface area contributed by atoms with E-state index in [-0.39, 0.29) is 5.16 Å². The van der Waals surface area contributed by atoms with E-state index in [0.29, 0.717) is 8.38 Å². The minimum absolute atomic E-state index is 0.167. The summed E-state index contributed by atoms with van der Waals surface area (Å²) in [4.78, 5) is 0. The van der Waals surface area contributed by atoms with Crippen LogP contribution in [0.5, 0.6) is 0 Å². The van der Waals surface area contributed by atoms with Crippen LogP contribution in [-0.2, 0) is 0 Å². The molecule has 1 rings (SSSR count). The summed E-state index contributed by atoms with van der Waals surface area (Å²) in [6.45, 7) is 0. The van der Waals surface area contributed by atoms with Crippen LogP contribution in [0.2, 0.25) is 0 Å². The van der Waals surface area contributed by atoms with Gasteiger partial charge in [0.25, 0.3) is 0 Å². The molecule has 0 saturated heterocycles. The molecule has 0 atom stereocenters. The van der Waals surface area contributed by atoms with Gasteiger partial charge in [-0.15, -0.1) is 0 Å². The van der Waals surface area contributed by atoms with Gasteiger partial charge >= 0.3 is 0 Å². The standard InChI is InChI=1S/CFPSi/c2-1-3-4-1. The summed E-state index contributed by atoms with van der Waals surface area (Å²) in [5.74, 6) is 0. The Bertz CT molecular complexity index is 90.2. The maximum atomic E-state index is 11.0. The predicted octanol–water partition coefficient (Wildman–Crippen LogP) is 0.622. The van der Waals surface area contributed by atoms with Crippen molar-refractivity contribution < 1.29 is 4.39 Å². The minimum atomic E-state index is 0.167. The molecule has 4 heavy (non-hydrogen) atoms. The van der Waals surface area contributed by atoms with Crippen molar-refractivity contribution in [1.29, 1.82) is 0 Å². The Morgan fingerprint density at radius 2 is 2.25 bits per heavy atom. The first-order valence-corrected chi connectivity index (χ1v) is 3.62. The first-order chi connectivity index (χ1) is 1.89. The molecule has 0 aromatic rings. The molecule has 0 fully saturated rings. The lowest BCUT2D eigenvalue weighted by Gasteiger charge is -1.41. The van der Waals surface area contributed by atoms with Crippen molar-refractivity contribution >= 4 is 21.3 Å². The second kappa shape index (κ2) is 0.630. The van der Waals surface area contributed by atoms with Crippen molar-refractivity contribution in [2.24, 2.45) is 0 Å². The van der Waals surface area contributed by atoms with E-state index in [2.05, 4.69) is 0 Å². The molecule has 0 spiro atoms. The number of halogens is 1. The Kier molecular flexibility index (Phi) is 0.401. The Morgan fingerprint density at radius 1 is 2.00 bits per heavy atom. The van der Waals surface area contributed by atoms with E-state index in [0.717, 1.165) is 7.72 Å². The van der Waals surface area contributed by atoms with E-state index in [1.165, 1.54) is 0 Å². The van der Waals surface area contributed by atoms with Crippen LogP contribution in [0, 0.1) is 0 Å². The molecule has 1 heterocycles. The van der Waals surface area contributed by atoms with E-state index < -0.39 is 0 Å². The highest BCUT2D eigenvalue weighted by atomic mass is 31.2. The number of hydrogen-bond donors (Lipinski definition) is 0. The molecule has 1 aliphatic rings. The summed E-state index contributed by atoms with van der Waals surface area (Å²) in [6.07, 6.45) is 0. The summed E-state index contributed by atoms with van der Waals surface area (Å²) in [5.41, 5.74) is 0. The van der Waals surface area contributed by atoms with Crippen molar-refractivity contribution in [2.45, 2.75) is 0 Å². The SMILES string of the molecule is FC1=[Si]=P1. The molecule has 0 nitrogen and oxygen atoms in total. The number of hydrogen-bond acceptors (Lipinski definition) is 0. The Balaban J connectivity index is 2.75. The number of rotatable bonds is 0. The van der Waals surface area contributed by atoms with Crippen LogP contribution >= 0.6 is 7.72 Å². The lowest BCUT2D eigenvalue weighted by molar-refractivity contribution is 0.853. The van der Waals surface area contributed by atoms with Crippen LogP contribution in [0.1, 0.15) is 0 Å². The van der Waals surface area contributed by atoms with Crippen LogP contribution in [0.3, 0.4) is 0 Å². The molecule has 0 radical (unpaired) electrons. The monoisotopic (exact) mass is 89.9 g/mol. The summed E-state index contributed by atoms with van der Waals surface area (Å²) < 4.78 is 11.0. The smallest absolute Gasteiger partial charge is 0.164 e. The molecular formula is CFPSi. The van der Waals surface area contributed by atoms with Gasteiger partial charge in [-0.2, -0.15) is 4.39 Å². The first-order valence-electron chi connectivity index (χ1n) is 0.886. The van der Waals surface area contributed by atoms with E-state index in [4.69, 9.17) is 0 Å². The maximum Gasteiger partial charge on any atom is 0.164 e. The fraction of sp³-hybridized carbons (Fsp3) is 0. The van der Waals surface area contributed by atoms with Gasteiger partial charge in [-0.1, -0.05) is 0 Å². The first kappa shape index (κ1) is 2.55. The zero-order valence-electron chi connectivity index (χ0n) is 1.83. The molecule has 0 N–H and O–H groups in total. The summed E-state index contributed by atoms with van der Waals surface area (Å²) in [6, 6.07) is 0. The van der Waals surface area contributed by atoms with Crippen LogP contribution in [0.25, 0.3) is 0 Å². The maximum absolute atomic E-state index is 11.0. The van der Waals surface area contributed by atoms with Gasteiger partial charge in [-0.05, 0) is 7.72 Å². The second-order valence-electron chi connectivity index (χ2n) is 0.514. The third-order valence-corrected chi connectivity index (χ3v) is 1.77. The largest absolute Gasteiger partial charge is 0.200 e. The molecule has 0 aliphatic carbocycles. The molecule has 20 valence electrons.